The number of phenolic OH excluding ortho intramolecular Hbond substituents is 1. The number of rotatable bonds is 8. The Kier molecular flexibility index (Phi) is 6.91. The molecule has 0 amide bonds. The second-order valence-corrected chi connectivity index (χ2v) is 9.78. The highest BCUT2D eigenvalue weighted by Gasteiger charge is 2.50. The lowest BCUT2D eigenvalue weighted by Gasteiger charge is -2.37. The van der Waals surface area contributed by atoms with Crippen LogP contribution in [0.3, 0.4) is 0 Å². The zero-order valence-corrected chi connectivity index (χ0v) is 19.5. The van der Waals surface area contributed by atoms with E-state index in [4.69, 9.17) is 16.4 Å². The first-order chi connectivity index (χ1) is 15.0. The summed E-state index contributed by atoms with van der Waals surface area (Å²) in [5.41, 5.74) is 1.98. The predicted molar refractivity (Wildman–Crippen MR) is 119 cm³/mol. The van der Waals surface area contributed by atoms with Crippen LogP contribution in [0.4, 0.5) is 5.69 Å². The first-order valence-electron chi connectivity index (χ1n) is 9.70. The molecule has 0 aliphatic heterocycles. The van der Waals surface area contributed by atoms with E-state index in [9.17, 15) is 23.1 Å². The van der Waals surface area contributed by atoms with E-state index < -0.39 is 44.3 Å². The highest BCUT2D eigenvalue weighted by molar-refractivity contribution is 7.89. The maximum atomic E-state index is 12.6. The fraction of sp³-hybridized carbons (Fsp3) is 0.333. The molecule has 0 spiro atoms. The first kappa shape index (κ1) is 24.1. The average Bonchev–Trinajstić information content (AvgIpc) is 2.76. The smallest absolute Gasteiger partial charge is 0.269 e. The fourth-order valence-corrected chi connectivity index (χ4v) is 4.92. The number of benzene rings is 2. The minimum Gasteiger partial charge on any atom is -0.504 e. The molecule has 2 aromatic carbocycles. The number of carbonyl (C=O) groups excluding carboxylic acids is 2. The van der Waals surface area contributed by atoms with Gasteiger partial charge in [0, 0.05) is 13.1 Å². The van der Waals surface area contributed by atoms with Gasteiger partial charge in [0.15, 0.2) is 5.75 Å². The third-order valence-corrected chi connectivity index (χ3v) is 7.58. The van der Waals surface area contributed by atoms with Crippen LogP contribution in [-0.2, 0) is 24.4 Å². The molecule has 3 rings (SSSR count). The van der Waals surface area contributed by atoms with Crippen molar-refractivity contribution >= 4 is 38.9 Å². The van der Waals surface area contributed by atoms with Crippen LogP contribution < -0.4 is 10.6 Å². The first-order valence-corrected chi connectivity index (χ1v) is 11.5. The molecule has 0 radical (unpaired) electrons. The highest BCUT2D eigenvalue weighted by atomic mass is 35.5. The van der Waals surface area contributed by atoms with Gasteiger partial charge in [-0.1, -0.05) is 45.9 Å². The normalized spacial score (nSPS) is 19.7. The van der Waals surface area contributed by atoms with Gasteiger partial charge in [0.1, 0.15) is 17.0 Å². The molecule has 9 nitrogen and oxygen atoms in total. The van der Waals surface area contributed by atoms with Crippen molar-refractivity contribution in [2.24, 2.45) is 0 Å². The van der Waals surface area contributed by atoms with Gasteiger partial charge in [-0.3, -0.25) is 19.7 Å². The Hall–Kier alpha value is -2.50. The number of hydrogen-bond acceptors (Lipinski definition) is 8. The Morgan fingerprint density at radius 1 is 1.09 bits per heavy atom. The summed E-state index contributed by atoms with van der Waals surface area (Å²) in [4.78, 5) is 28.6. The van der Waals surface area contributed by atoms with Gasteiger partial charge in [-0.25, -0.2) is 8.42 Å². The number of aromatic hydroxyl groups is 1. The lowest BCUT2D eigenvalue weighted by atomic mass is 9.82. The third kappa shape index (κ3) is 4.37. The molecule has 0 bridgehead atoms. The van der Waals surface area contributed by atoms with E-state index in [1.54, 1.807) is 0 Å². The van der Waals surface area contributed by atoms with E-state index in [1.807, 2.05) is 38.1 Å². The maximum Gasteiger partial charge on any atom is 0.269 e. The molecule has 11 heteroatoms. The van der Waals surface area contributed by atoms with Gasteiger partial charge in [-0.2, -0.15) is 0 Å². The summed E-state index contributed by atoms with van der Waals surface area (Å²) in [7, 11) is -1.98. The van der Waals surface area contributed by atoms with Crippen molar-refractivity contribution in [3.05, 3.63) is 52.5 Å². The molecule has 1 saturated carbocycles. The van der Waals surface area contributed by atoms with Gasteiger partial charge < -0.3 is 10.4 Å². The molecule has 1 fully saturated rings. The molecule has 3 unspecified atom stereocenters. The summed E-state index contributed by atoms with van der Waals surface area (Å²) >= 11 is 6.02. The van der Waals surface area contributed by atoms with Crippen molar-refractivity contribution in [2.75, 3.05) is 19.5 Å². The molecule has 0 heterocycles. The second kappa shape index (κ2) is 9.16. The van der Waals surface area contributed by atoms with Crippen molar-refractivity contribution in [3.8, 4) is 5.75 Å². The number of halogens is 1. The van der Waals surface area contributed by atoms with E-state index >= 15 is 0 Å². The number of hydrogen-bond donors (Lipinski definition) is 3. The fourth-order valence-electron chi connectivity index (χ4n) is 3.36. The van der Waals surface area contributed by atoms with Crippen LogP contribution in [0.5, 0.6) is 5.75 Å². The van der Waals surface area contributed by atoms with E-state index in [0.29, 0.717) is 4.47 Å². The van der Waals surface area contributed by atoms with Crippen molar-refractivity contribution < 1.29 is 28.0 Å². The summed E-state index contributed by atoms with van der Waals surface area (Å²) < 4.78 is 25.8. The quantitative estimate of drug-likeness (QED) is 0.297. The van der Waals surface area contributed by atoms with Crippen molar-refractivity contribution in [1.29, 1.82) is 0 Å². The number of ketones is 2. The SMILES string of the molecule is CON(C)S(=O)(=O)c1c(Cl)ccc(NC2C(=O)C(=O)C2NC(C)c2ccc(C)cc2)c1O. The second-order valence-electron chi connectivity index (χ2n) is 7.50. The van der Waals surface area contributed by atoms with E-state index in [-0.39, 0.29) is 16.8 Å². The van der Waals surface area contributed by atoms with Crippen LogP contribution in [0.15, 0.2) is 41.3 Å². The van der Waals surface area contributed by atoms with Gasteiger partial charge in [0.2, 0.25) is 11.6 Å². The summed E-state index contributed by atoms with van der Waals surface area (Å²) in [5.74, 6) is -1.95. The largest absolute Gasteiger partial charge is 0.504 e. The minimum absolute atomic E-state index is 0.0573. The standard InChI is InChI=1S/C21H24ClN3O6S/c1-11-5-7-13(8-6-11)12(2)23-16-17(20(28)19(16)27)24-15-10-9-14(22)21(18(15)26)32(29,30)25(3)31-4/h5-10,12,16-17,23-24,26H,1-4H3. The number of sulfonamides is 1. The zero-order chi connectivity index (χ0) is 23.8. The van der Waals surface area contributed by atoms with Gasteiger partial charge >= 0.3 is 0 Å². The van der Waals surface area contributed by atoms with Crippen LogP contribution in [-0.4, -0.2) is 55.8 Å². The van der Waals surface area contributed by atoms with Crippen LogP contribution in [0.1, 0.15) is 24.1 Å². The molecule has 0 saturated heterocycles. The number of anilines is 1. The third-order valence-electron chi connectivity index (χ3n) is 5.40. The molecule has 1 aliphatic carbocycles. The lowest BCUT2D eigenvalue weighted by Crippen LogP contribution is -2.67. The van der Waals surface area contributed by atoms with Gasteiger partial charge in [-0.05, 0) is 31.5 Å². The Morgan fingerprint density at radius 3 is 2.28 bits per heavy atom. The number of carbonyl (C=O) groups is 2. The number of hydroxylamine groups is 1. The van der Waals surface area contributed by atoms with Gasteiger partial charge in [0.05, 0.1) is 17.8 Å². The topological polar surface area (TPSA) is 125 Å². The minimum atomic E-state index is -4.27. The molecule has 3 atom stereocenters. The summed E-state index contributed by atoms with van der Waals surface area (Å²) in [5, 5.41) is 16.3. The number of Topliss-reactive ketones (excluding diaryl/α,β-unsaturated/α-hetero) is 2. The summed E-state index contributed by atoms with van der Waals surface area (Å²) in [6.07, 6.45) is 0. The Morgan fingerprint density at radius 2 is 1.69 bits per heavy atom. The van der Waals surface area contributed by atoms with Crippen LogP contribution >= 0.6 is 11.6 Å². The molecule has 0 aromatic heterocycles. The molecule has 2 aromatic rings. The maximum absolute atomic E-state index is 12.6. The summed E-state index contributed by atoms with van der Waals surface area (Å²) in [6, 6.07) is 8.27. The van der Waals surface area contributed by atoms with E-state index in [0.717, 1.165) is 25.3 Å². The Balaban J connectivity index is 1.86. The lowest BCUT2D eigenvalue weighted by molar-refractivity contribution is -0.145. The van der Waals surface area contributed by atoms with Crippen LogP contribution in [0.2, 0.25) is 5.02 Å². The number of nitrogens with one attached hydrogen (secondary N) is 2. The zero-order valence-electron chi connectivity index (χ0n) is 17.9. The molecular formula is C21H24ClN3O6S. The number of nitrogens with zero attached hydrogens (tertiary/aromatic N) is 1. The van der Waals surface area contributed by atoms with E-state index in [1.165, 1.54) is 12.1 Å². The Labute approximate surface area is 191 Å². The molecule has 1 aliphatic rings. The van der Waals surface area contributed by atoms with Gasteiger partial charge in [0.25, 0.3) is 10.0 Å². The molecule has 32 heavy (non-hydrogen) atoms. The highest BCUT2D eigenvalue weighted by Crippen LogP contribution is 2.39. The van der Waals surface area contributed by atoms with Crippen LogP contribution in [0, 0.1) is 6.92 Å². The van der Waals surface area contributed by atoms with Crippen LogP contribution in [0.25, 0.3) is 0 Å². The van der Waals surface area contributed by atoms with Crippen molar-refractivity contribution in [2.45, 2.75) is 36.9 Å². The molecule has 172 valence electrons. The van der Waals surface area contributed by atoms with E-state index in [2.05, 4.69) is 10.6 Å². The number of phenols is 1. The summed E-state index contributed by atoms with van der Waals surface area (Å²) in [6.45, 7) is 3.83. The van der Waals surface area contributed by atoms with Crippen molar-refractivity contribution in [3.63, 3.8) is 0 Å². The monoisotopic (exact) mass is 481 g/mol. The molecule has 3 N–H and O–H groups in total. The number of aryl methyl sites for hydroxylation is 1. The Bertz CT molecular complexity index is 1150. The van der Waals surface area contributed by atoms with Gasteiger partial charge in [-0.15, -0.1) is 0 Å². The van der Waals surface area contributed by atoms with Crippen molar-refractivity contribution in [1.82, 2.24) is 9.79 Å². The molecular weight excluding hydrogens is 458 g/mol. The average molecular weight is 482 g/mol. The predicted octanol–water partition coefficient (Wildman–Crippen LogP) is 2.19.